The Kier molecular flexibility index (Phi) is 7.49. The Morgan fingerprint density at radius 3 is 1.96 bits per heavy atom. The second kappa shape index (κ2) is 9.61. The number of nitrogens with zero attached hydrogens (tertiary/aromatic N) is 3. The summed E-state index contributed by atoms with van der Waals surface area (Å²) in [6.45, 7) is 7.25. The predicted octanol–water partition coefficient (Wildman–Crippen LogP) is 4.34. The maximum Gasteiger partial charge on any atom is 0.300 e. The van der Waals surface area contributed by atoms with Crippen LogP contribution in [0.5, 0.6) is 0 Å². The van der Waals surface area contributed by atoms with Crippen molar-refractivity contribution in [1.82, 2.24) is 0 Å². The van der Waals surface area contributed by atoms with Gasteiger partial charge >= 0.3 is 0 Å². The van der Waals surface area contributed by atoms with E-state index in [0.29, 0.717) is 25.3 Å². The predicted molar refractivity (Wildman–Crippen MR) is 101 cm³/mol. The molecular formula is C18H27N3O6. The van der Waals surface area contributed by atoms with Gasteiger partial charge in [-0.1, -0.05) is 26.7 Å². The van der Waals surface area contributed by atoms with Crippen LogP contribution < -0.4 is 4.90 Å². The van der Waals surface area contributed by atoms with Gasteiger partial charge in [0.05, 0.1) is 22.6 Å². The molecule has 0 aliphatic carbocycles. The first-order valence-corrected chi connectivity index (χ1v) is 9.37. The summed E-state index contributed by atoms with van der Waals surface area (Å²) in [5.74, 6) is 0. The maximum atomic E-state index is 11.8. The van der Waals surface area contributed by atoms with E-state index in [9.17, 15) is 20.2 Å². The van der Waals surface area contributed by atoms with E-state index < -0.39 is 16.1 Å². The molecule has 1 aliphatic rings. The molecule has 2 rings (SSSR count). The van der Waals surface area contributed by atoms with E-state index in [0.717, 1.165) is 25.7 Å². The molecular weight excluding hydrogens is 354 g/mol. The van der Waals surface area contributed by atoms with Crippen molar-refractivity contribution in [2.45, 2.75) is 58.8 Å². The lowest BCUT2D eigenvalue weighted by atomic mass is 10.1. The Morgan fingerprint density at radius 1 is 1.07 bits per heavy atom. The molecule has 1 aromatic carbocycles. The van der Waals surface area contributed by atoms with E-state index in [-0.39, 0.29) is 23.2 Å². The zero-order valence-corrected chi connectivity index (χ0v) is 16.1. The second-order valence-corrected chi connectivity index (χ2v) is 6.73. The van der Waals surface area contributed by atoms with Crippen molar-refractivity contribution >= 4 is 17.1 Å². The molecule has 0 spiro atoms. The third-order valence-electron chi connectivity index (χ3n) is 4.48. The van der Waals surface area contributed by atoms with Crippen LogP contribution in [-0.4, -0.2) is 35.6 Å². The maximum absolute atomic E-state index is 11.8. The van der Waals surface area contributed by atoms with Gasteiger partial charge in [0.2, 0.25) is 0 Å². The van der Waals surface area contributed by atoms with Gasteiger partial charge in [0, 0.05) is 30.8 Å². The number of anilines is 1. The summed E-state index contributed by atoms with van der Waals surface area (Å²) >= 11 is 0. The molecule has 27 heavy (non-hydrogen) atoms. The van der Waals surface area contributed by atoms with E-state index in [1.807, 2.05) is 20.8 Å². The lowest BCUT2D eigenvalue weighted by Gasteiger charge is -2.24. The van der Waals surface area contributed by atoms with Crippen LogP contribution in [0.15, 0.2) is 12.1 Å². The topological polar surface area (TPSA) is 108 Å². The smallest absolute Gasteiger partial charge is 0.300 e. The second-order valence-electron chi connectivity index (χ2n) is 6.73. The van der Waals surface area contributed by atoms with Crippen LogP contribution in [0.1, 0.15) is 58.3 Å². The van der Waals surface area contributed by atoms with E-state index in [2.05, 4.69) is 0 Å². The highest BCUT2D eigenvalue weighted by atomic mass is 16.7. The molecule has 150 valence electrons. The van der Waals surface area contributed by atoms with Crippen molar-refractivity contribution < 1.29 is 19.3 Å². The van der Waals surface area contributed by atoms with Gasteiger partial charge in [0.25, 0.3) is 11.4 Å². The summed E-state index contributed by atoms with van der Waals surface area (Å²) in [6.07, 6.45) is 2.39. The molecule has 0 bridgehead atoms. The third-order valence-corrected chi connectivity index (χ3v) is 4.48. The molecule has 0 saturated carbocycles. The van der Waals surface area contributed by atoms with Crippen molar-refractivity contribution in [3.8, 4) is 0 Å². The highest BCUT2D eigenvalue weighted by molar-refractivity contribution is 5.76. The van der Waals surface area contributed by atoms with Gasteiger partial charge in [-0.15, -0.1) is 0 Å². The molecule has 0 aromatic heterocycles. The summed E-state index contributed by atoms with van der Waals surface area (Å²) in [4.78, 5) is 24.2. The van der Waals surface area contributed by atoms with Crippen LogP contribution in [-0.2, 0) is 9.47 Å². The van der Waals surface area contributed by atoms with E-state index in [1.54, 1.807) is 4.90 Å². The number of rotatable bonds is 10. The first-order chi connectivity index (χ1) is 12.9. The van der Waals surface area contributed by atoms with Crippen molar-refractivity contribution in [2.24, 2.45) is 0 Å². The van der Waals surface area contributed by atoms with Crippen LogP contribution in [0.2, 0.25) is 0 Å². The summed E-state index contributed by atoms with van der Waals surface area (Å²) < 4.78 is 11.0. The van der Waals surface area contributed by atoms with Crippen LogP contribution >= 0.6 is 0 Å². The minimum absolute atomic E-state index is 0.0710. The highest BCUT2D eigenvalue weighted by Gasteiger charge is 2.34. The lowest BCUT2D eigenvalue weighted by molar-refractivity contribution is -0.392. The highest BCUT2D eigenvalue weighted by Crippen LogP contribution is 2.42. The molecule has 0 N–H and O–H groups in total. The minimum atomic E-state index is -0.828. The molecule has 9 heteroatoms. The normalized spacial score (nSPS) is 19.2. The van der Waals surface area contributed by atoms with Crippen molar-refractivity contribution in [2.75, 3.05) is 24.6 Å². The van der Waals surface area contributed by atoms with E-state index in [1.165, 1.54) is 12.1 Å². The number of ether oxygens (including phenoxy) is 2. The first-order valence-electron chi connectivity index (χ1n) is 9.37. The lowest BCUT2D eigenvalue weighted by Crippen LogP contribution is -2.27. The summed E-state index contributed by atoms with van der Waals surface area (Å²) in [5, 5.41) is 23.5. The van der Waals surface area contributed by atoms with E-state index in [4.69, 9.17) is 9.47 Å². The van der Waals surface area contributed by atoms with E-state index >= 15 is 0 Å². The number of hydrogen-bond donors (Lipinski definition) is 0. The van der Waals surface area contributed by atoms with Crippen molar-refractivity contribution in [1.29, 1.82) is 0 Å². The Hall–Kier alpha value is -2.26. The van der Waals surface area contributed by atoms with Gasteiger partial charge in [0.1, 0.15) is 0 Å². The molecule has 2 unspecified atom stereocenters. The van der Waals surface area contributed by atoms with Gasteiger partial charge in [0.15, 0.2) is 12.0 Å². The number of hydrogen-bond acceptors (Lipinski definition) is 7. The fourth-order valence-electron chi connectivity index (χ4n) is 3.08. The monoisotopic (exact) mass is 381 g/mol. The van der Waals surface area contributed by atoms with Crippen molar-refractivity contribution in [3.63, 3.8) is 0 Å². The zero-order chi connectivity index (χ0) is 20.0. The molecule has 1 aliphatic heterocycles. The minimum Gasteiger partial charge on any atom is -0.360 e. The third kappa shape index (κ3) is 5.14. The molecule has 0 radical (unpaired) electrons. The van der Waals surface area contributed by atoms with Crippen LogP contribution in [0.4, 0.5) is 17.1 Å². The van der Waals surface area contributed by atoms with Crippen LogP contribution in [0, 0.1) is 20.2 Å². The fourth-order valence-corrected chi connectivity index (χ4v) is 3.08. The number of unbranched alkanes of at least 4 members (excludes halogenated alkanes) is 2. The Balaban J connectivity index is 2.55. The molecule has 2 atom stereocenters. The average Bonchev–Trinajstić information content (AvgIpc) is 3.07. The Morgan fingerprint density at radius 2 is 1.59 bits per heavy atom. The Bertz CT molecular complexity index is 638. The number of benzene rings is 1. The molecule has 0 amide bonds. The van der Waals surface area contributed by atoms with Crippen molar-refractivity contribution in [3.05, 3.63) is 37.9 Å². The standard InChI is InChI=1S/C18H27N3O6/c1-4-6-8-19(9-7-5-2)17-15(20(22)23)10-14(11-16(17)21(24)25)18-26-12-13(3)27-18/h10-11,13,18H,4-9,12H2,1-3H3. The zero-order valence-electron chi connectivity index (χ0n) is 16.1. The SMILES string of the molecule is CCCCN(CCCC)c1c([N+](=O)[O-])cc(C2OCC(C)O2)cc1[N+](=O)[O-]. The van der Waals surface area contributed by atoms with Gasteiger partial charge in [-0.2, -0.15) is 0 Å². The van der Waals surface area contributed by atoms with Crippen LogP contribution in [0.25, 0.3) is 0 Å². The van der Waals surface area contributed by atoms with Crippen LogP contribution in [0.3, 0.4) is 0 Å². The fraction of sp³-hybridized carbons (Fsp3) is 0.667. The molecule has 1 fully saturated rings. The van der Waals surface area contributed by atoms with Gasteiger partial charge < -0.3 is 14.4 Å². The average molecular weight is 381 g/mol. The van der Waals surface area contributed by atoms with Gasteiger partial charge in [-0.05, 0) is 19.8 Å². The Labute approximate surface area is 158 Å². The van der Waals surface area contributed by atoms with Gasteiger partial charge in [-0.25, -0.2) is 0 Å². The molecule has 1 heterocycles. The summed E-state index contributed by atoms with van der Waals surface area (Å²) in [7, 11) is 0. The quantitative estimate of drug-likeness (QED) is 0.438. The number of nitro benzene ring substituents is 2. The number of nitro groups is 2. The van der Waals surface area contributed by atoms with Gasteiger partial charge in [-0.3, -0.25) is 20.2 Å². The summed E-state index contributed by atoms with van der Waals surface area (Å²) in [5.41, 5.74) is -0.189. The molecule has 9 nitrogen and oxygen atoms in total. The molecule has 1 saturated heterocycles. The largest absolute Gasteiger partial charge is 0.360 e. The first kappa shape index (κ1) is 21.0. The molecule has 1 aromatic rings. The summed E-state index contributed by atoms with van der Waals surface area (Å²) in [6, 6.07) is 2.69.